The molecule has 5 heteroatoms. The Hall–Kier alpha value is -1.20. The number of aliphatic hydroxyl groups excluding tert-OH is 1. The van der Waals surface area contributed by atoms with Gasteiger partial charge in [0.25, 0.3) is 5.91 Å². The first kappa shape index (κ1) is 14.9. The van der Waals surface area contributed by atoms with Gasteiger partial charge in [-0.2, -0.15) is 11.8 Å². The lowest BCUT2D eigenvalue weighted by atomic mass is 10.1. The highest BCUT2D eigenvalue weighted by molar-refractivity contribution is 7.99. The van der Waals surface area contributed by atoms with Crippen LogP contribution < -0.4 is 10.1 Å². The molecule has 0 bridgehead atoms. The molecule has 0 aliphatic carbocycles. The highest BCUT2D eigenvalue weighted by Crippen LogP contribution is 2.14. The highest BCUT2D eigenvalue weighted by atomic mass is 32.2. The number of ether oxygens (including phenoxy) is 1. The molecule has 0 fully saturated rings. The number of carbonyl (C=O) groups excluding carboxylic acids is 1. The van der Waals surface area contributed by atoms with Crippen LogP contribution in [0.2, 0.25) is 0 Å². The van der Waals surface area contributed by atoms with E-state index < -0.39 is 0 Å². The standard InChI is InChI=1S/C13H19NO3S/c1-9(12(8-15)18-3)14-13(16)10-5-4-6-11(7-10)17-2/h4-7,9,12,15H,8H2,1-3H3,(H,14,16). The monoisotopic (exact) mass is 269 g/mol. The van der Waals surface area contributed by atoms with Crippen LogP contribution in [0.15, 0.2) is 24.3 Å². The first-order chi connectivity index (χ1) is 8.62. The molecule has 0 aliphatic rings. The van der Waals surface area contributed by atoms with E-state index in [9.17, 15) is 4.79 Å². The van der Waals surface area contributed by atoms with Gasteiger partial charge in [-0.15, -0.1) is 0 Å². The van der Waals surface area contributed by atoms with Crippen LogP contribution in [0, 0.1) is 0 Å². The maximum Gasteiger partial charge on any atom is 0.251 e. The van der Waals surface area contributed by atoms with Crippen LogP contribution >= 0.6 is 11.8 Å². The molecule has 1 aromatic rings. The third-order valence-corrected chi connectivity index (χ3v) is 3.89. The number of hydrogen-bond donors (Lipinski definition) is 2. The second kappa shape index (κ2) is 7.28. The Labute approximate surface area is 112 Å². The summed E-state index contributed by atoms with van der Waals surface area (Å²) in [7, 11) is 1.56. The quantitative estimate of drug-likeness (QED) is 0.822. The van der Waals surface area contributed by atoms with Crippen molar-refractivity contribution in [3.8, 4) is 5.75 Å². The predicted molar refractivity (Wildman–Crippen MR) is 74.3 cm³/mol. The first-order valence-electron chi connectivity index (χ1n) is 5.71. The van der Waals surface area contributed by atoms with E-state index in [1.54, 1.807) is 31.4 Å². The predicted octanol–water partition coefficient (Wildman–Crippen LogP) is 1.54. The summed E-state index contributed by atoms with van der Waals surface area (Å²) >= 11 is 1.53. The second-order valence-electron chi connectivity index (χ2n) is 3.95. The van der Waals surface area contributed by atoms with Crippen molar-refractivity contribution in [3.05, 3.63) is 29.8 Å². The van der Waals surface area contributed by atoms with E-state index in [0.29, 0.717) is 11.3 Å². The van der Waals surface area contributed by atoms with Crippen molar-refractivity contribution >= 4 is 17.7 Å². The number of rotatable bonds is 6. The summed E-state index contributed by atoms with van der Waals surface area (Å²) in [5.74, 6) is 0.493. The molecule has 2 unspecified atom stereocenters. The highest BCUT2D eigenvalue weighted by Gasteiger charge is 2.18. The Bertz CT molecular complexity index is 394. The third-order valence-electron chi connectivity index (χ3n) is 2.73. The number of amides is 1. The average Bonchev–Trinajstić information content (AvgIpc) is 2.40. The van der Waals surface area contributed by atoms with Crippen LogP contribution in [0.5, 0.6) is 5.75 Å². The zero-order valence-electron chi connectivity index (χ0n) is 10.8. The number of benzene rings is 1. The fraction of sp³-hybridized carbons (Fsp3) is 0.462. The number of carbonyl (C=O) groups is 1. The molecule has 0 saturated carbocycles. The minimum atomic E-state index is -0.158. The molecule has 2 atom stereocenters. The molecule has 0 radical (unpaired) electrons. The van der Waals surface area contributed by atoms with Crippen LogP contribution in [0.3, 0.4) is 0 Å². The summed E-state index contributed by atoms with van der Waals surface area (Å²) in [4.78, 5) is 12.0. The van der Waals surface area contributed by atoms with Gasteiger partial charge in [-0.3, -0.25) is 4.79 Å². The van der Waals surface area contributed by atoms with Crippen molar-refractivity contribution in [2.75, 3.05) is 20.0 Å². The maximum atomic E-state index is 12.0. The Balaban J connectivity index is 2.69. The number of aliphatic hydroxyl groups is 1. The van der Waals surface area contributed by atoms with Gasteiger partial charge < -0.3 is 15.2 Å². The number of hydrogen-bond acceptors (Lipinski definition) is 4. The molecule has 18 heavy (non-hydrogen) atoms. The third kappa shape index (κ3) is 3.92. The normalized spacial score (nSPS) is 13.8. The van der Waals surface area contributed by atoms with E-state index in [1.165, 1.54) is 11.8 Å². The van der Waals surface area contributed by atoms with E-state index in [4.69, 9.17) is 9.84 Å². The van der Waals surface area contributed by atoms with Crippen LogP contribution in [0.1, 0.15) is 17.3 Å². The lowest BCUT2D eigenvalue weighted by Crippen LogP contribution is -2.41. The Morgan fingerprint density at radius 2 is 2.28 bits per heavy atom. The molecular formula is C13H19NO3S. The van der Waals surface area contributed by atoms with Gasteiger partial charge in [0.1, 0.15) is 5.75 Å². The van der Waals surface area contributed by atoms with Crippen LogP contribution in [0.25, 0.3) is 0 Å². The molecule has 1 amide bonds. The molecule has 0 aromatic heterocycles. The molecule has 0 saturated heterocycles. The summed E-state index contributed by atoms with van der Waals surface area (Å²) in [5, 5.41) is 12.0. The fourth-order valence-electron chi connectivity index (χ4n) is 1.58. The van der Waals surface area contributed by atoms with Gasteiger partial charge in [0.15, 0.2) is 0 Å². The molecule has 0 spiro atoms. The average molecular weight is 269 g/mol. The van der Waals surface area contributed by atoms with Gasteiger partial charge in [0.2, 0.25) is 0 Å². The van der Waals surface area contributed by atoms with Crippen molar-refractivity contribution < 1.29 is 14.6 Å². The summed E-state index contributed by atoms with van der Waals surface area (Å²) in [6.45, 7) is 1.93. The van der Waals surface area contributed by atoms with Gasteiger partial charge in [-0.25, -0.2) is 0 Å². The van der Waals surface area contributed by atoms with E-state index in [0.717, 1.165) is 0 Å². The molecule has 4 nitrogen and oxygen atoms in total. The minimum absolute atomic E-state index is 0.000409. The van der Waals surface area contributed by atoms with Crippen molar-refractivity contribution in [1.82, 2.24) is 5.32 Å². The number of methoxy groups -OCH3 is 1. The largest absolute Gasteiger partial charge is 0.497 e. The molecule has 1 aromatic carbocycles. The molecule has 100 valence electrons. The van der Waals surface area contributed by atoms with Crippen LogP contribution in [-0.4, -0.2) is 42.3 Å². The number of nitrogens with one attached hydrogen (secondary N) is 1. The lowest BCUT2D eigenvalue weighted by Gasteiger charge is -2.21. The minimum Gasteiger partial charge on any atom is -0.497 e. The van der Waals surface area contributed by atoms with Crippen molar-refractivity contribution in [2.45, 2.75) is 18.2 Å². The molecule has 0 aliphatic heterocycles. The summed E-state index contributed by atoms with van der Waals surface area (Å²) < 4.78 is 5.08. The molecule has 2 N–H and O–H groups in total. The second-order valence-corrected chi connectivity index (χ2v) is 5.03. The first-order valence-corrected chi connectivity index (χ1v) is 6.99. The zero-order chi connectivity index (χ0) is 13.5. The SMILES string of the molecule is COc1cccc(C(=O)NC(C)C(CO)SC)c1. The van der Waals surface area contributed by atoms with E-state index in [1.807, 2.05) is 13.2 Å². The number of thioether (sulfide) groups is 1. The summed E-state index contributed by atoms with van der Waals surface area (Å²) in [5.41, 5.74) is 0.555. The van der Waals surface area contributed by atoms with Gasteiger partial charge in [-0.05, 0) is 31.4 Å². The topological polar surface area (TPSA) is 58.6 Å². The summed E-state index contributed by atoms with van der Waals surface area (Å²) in [6, 6.07) is 6.89. The Kier molecular flexibility index (Phi) is 6.01. The Morgan fingerprint density at radius 3 is 2.83 bits per heavy atom. The maximum absolute atomic E-state index is 12.0. The van der Waals surface area contributed by atoms with Gasteiger partial charge in [0, 0.05) is 16.9 Å². The van der Waals surface area contributed by atoms with E-state index in [2.05, 4.69) is 5.32 Å². The smallest absolute Gasteiger partial charge is 0.251 e. The molecule has 1 rings (SSSR count). The van der Waals surface area contributed by atoms with Gasteiger partial charge in [-0.1, -0.05) is 6.07 Å². The molecular weight excluding hydrogens is 250 g/mol. The Morgan fingerprint density at radius 1 is 1.56 bits per heavy atom. The van der Waals surface area contributed by atoms with Gasteiger partial charge >= 0.3 is 0 Å². The molecule has 0 heterocycles. The van der Waals surface area contributed by atoms with Crippen molar-refractivity contribution in [1.29, 1.82) is 0 Å². The summed E-state index contributed by atoms with van der Waals surface area (Å²) in [6.07, 6.45) is 1.91. The lowest BCUT2D eigenvalue weighted by molar-refractivity contribution is 0.0935. The van der Waals surface area contributed by atoms with E-state index in [-0.39, 0.29) is 23.8 Å². The fourth-order valence-corrected chi connectivity index (χ4v) is 2.21. The zero-order valence-corrected chi connectivity index (χ0v) is 11.7. The van der Waals surface area contributed by atoms with Crippen LogP contribution in [0.4, 0.5) is 0 Å². The van der Waals surface area contributed by atoms with Crippen molar-refractivity contribution in [2.24, 2.45) is 0 Å². The van der Waals surface area contributed by atoms with Gasteiger partial charge in [0.05, 0.1) is 13.7 Å². The van der Waals surface area contributed by atoms with Crippen LogP contribution in [-0.2, 0) is 0 Å². The van der Waals surface area contributed by atoms with E-state index >= 15 is 0 Å². The van der Waals surface area contributed by atoms with Crippen molar-refractivity contribution in [3.63, 3.8) is 0 Å².